The van der Waals surface area contributed by atoms with Crippen molar-refractivity contribution in [3.63, 3.8) is 0 Å². The van der Waals surface area contributed by atoms with Crippen LogP contribution in [0.25, 0.3) is 0 Å². The van der Waals surface area contributed by atoms with Crippen molar-refractivity contribution >= 4 is 0 Å². The number of ether oxygens (including phenoxy) is 1. The third kappa shape index (κ3) is 6.05. The van der Waals surface area contributed by atoms with E-state index >= 15 is 0 Å². The predicted molar refractivity (Wildman–Crippen MR) is 42.0 cm³/mol. The summed E-state index contributed by atoms with van der Waals surface area (Å²) in [5.41, 5.74) is 0. The maximum Gasteiger partial charge on any atom is 0.0571 e. The molecule has 62 valence electrons. The van der Waals surface area contributed by atoms with Crippen LogP contribution in [0.15, 0.2) is 0 Å². The Morgan fingerprint density at radius 3 is 2.40 bits per heavy atom. The maximum atomic E-state index is 8.94. The number of hydrogen-bond acceptors (Lipinski definition) is 2. The van der Waals surface area contributed by atoms with Crippen LogP contribution in [0.3, 0.4) is 0 Å². The molecule has 2 heteroatoms. The number of aliphatic hydroxyl groups is 1. The standard InChI is InChI=1S/C8H18O2/c1-4-5-10-8(3)6-7(2)9/h7-9H,4-6H2,1-3H3. The minimum Gasteiger partial charge on any atom is -0.393 e. The summed E-state index contributed by atoms with van der Waals surface area (Å²) in [6.45, 7) is 6.65. The van der Waals surface area contributed by atoms with Gasteiger partial charge in [-0.2, -0.15) is 0 Å². The van der Waals surface area contributed by atoms with E-state index in [9.17, 15) is 0 Å². The Kier molecular flexibility index (Phi) is 5.64. The van der Waals surface area contributed by atoms with Crippen molar-refractivity contribution in [2.75, 3.05) is 6.61 Å². The Balaban J connectivity index is 3.16. The van der Waals surface area contributed by atoms with Gasteiger partial charge in [0.1, 0.15) is 0 Å². The molecule has 0 spiro atoms. The lowest BCUT2D eigenvalue weighted by Gasteiger charge is -2.13. The molecule has 0 saturated heterocycles. The van der Waals surface area contributed by atoms with E-state index in [1.54, 1.807) is 6.92 Å². The van der Waals surface area contributed by atoms with Crippen LogP contribution in [0.5, 0.6) is 0 Å². The van der Waals surface area contributed by atoms with Crippen molar-refractivity contribution in [1.29, 1.82) is 0 Å². The third-order valence-corrected chi connectivity index (χ3v) is 1.28. The van der Waals surface area contributed by atoms with Crippen molar-refractivity contribution in [2.24, 2.45) is 0 Å². The second kappa shape index (κ2) is 5.69. The van der Waals surface area contributed by atoms with Gasteiger partial charge in [0.25, 0.3) is 0 Å². The first-order valence-corrected chi connectivity index (χ1v) is 3.96. The molecular formula is C8H18O2. The van der Waals surface area contributed by atoms with Crippen LogP contribution in [0.1, 0.15) is 33.6 Å². The first-order valence-electron chi connectivity index (χ1n) is 3.96. The average Bonchev–Trinajstić information content (AvgIpc) is 1.82. The van der Waals surface area contributed by atoms with E-state index in [-0.39, 0.29) is 12.2 Å². The highest BCUT2D eigenvalue weighted by Crippen LogP contribution is 2.01. The zero-order valence-corrected chi connectivity index (χ0v) is 7.13. The molecule has 0 amide bonds. The molecule has 0 aromatic heterocycles. The monoisotopic (exact) mass is 146 g/mol. The SMILES string of the molecule is CCCOC(C)CC(C)O. The van der Waals surface area contributed by atoms with Crippen molar-refractivity contribution in [3.05, 3.63) is 0 Å². The van der Waals surface area contributed by atoms with Gasteiger partial charge in [0, 0.05) is 6.61 Å². The summed E-state index contributed by atoms with van der Waals surface area (Å²) in [7, 11) is 0. The summed E-state index contributed by atoms with van der Waals surface area (Å²) in [5, 5.41) is 8.94. The topological polar surface area (TPSA) is 29.5 Å². The molecule has 0 aliphatic heterocycles. The molecule has 0 aromatic carbocycles. The molecule has 2 unspecified atom stereocenters. The number of hydrogen-bond donors (Lipinski definition) is 1. The summed E-state index contributed by atoms with van der Waals surface area (Å²) in [4.78, 5) is 0. The van der Waals surface area contributed by atoms with Crippen LogP contribution in [-0.2, 0) is 4.74 Å². The highest BCUT2D eigenvalue weighted by atomic mass is 16.5. The summed E-state index contributed by atoms with van der Waals surface area (Å²) >= 11 is 0. The van der Waals surface area contributed by atoms with E-state index in [4.69, 9.17) is 9.84 Å². The quantitative estimate of drug-likeness (QED) is 0.638. The first kappa shape index (κ1) is 9.92. The van der Waals surface area contributed by atoms with Crippen LogP contribution in [0, 0.1) is 0 Å². The van der Waals surface area contributed by atoms with Crippen LogP contribution in [0.2, 0.25) is 0 Å². The van der Waals surface area contributed by atoms with Crippen LogP contribution in [0.4, 0.5) is 0 Å². The molecule has 2 nitrogen and oxygen atoms in total. The highest BCUT2D eigenvalue weighted by Gasteiger charge is 2.04. The number of rotatable bonds is 5. The lowest BCUT2D eigenvalue weighted by atomic mass is 10.2. The fraction of sp³-hybridized carbons (Fsp3) is 1.00. The minimum atomic E-state index is -0.244. The third-order valence-electron chi connectivity index (χ3n) is 1.28. The van der Waals surface area contributed by atoms with Gasteiger partial charge in [0.05, 0.1) is 12.2 Å². The van der Waals surface area contributed by atoms with E-state index in [0.717, 1.165) is 19.4 Å². The molecule has 0 aliphatic carbocycles. The van der Waals surface area contributed by atoms with E-state index in [2.05, 4.69) is 6.92 Å². The van der Waals surface area contributed by atoms with Crippen LogP contribution < -0.4 is 0 Å². The van der Waals surface area contributed by atoms with Gasteiger partial charge in [-0.3, -0.25) is 0 Å². The van der Waals surface area contributed by atoms with Gasteiger partial charge < -0.3 is 9.84 Å². The summed E-state index contributed by atoms with van der Waals surface area (Å²) < 4.78 is 5.34. The fourth-order valence-electron chi connectivity index (χ4n) is 0.867. The lowest BCUT2D eigenvalue weighted by molar-refractivity contribution is 0.0296. The second-order valence-corrected chi connectivity index (χ2v) is 2.77. The molecule has 0 aliphatic rings. The Labute approximate surface area is 63.2 Å². The highest BCUT2D eigenvalue weighted by molar-refractivity contribution is 4.54. The van der Waals surface area contributed by atoms with Gasteiger partial charge in [-0.1, -0.05) is 6.92 Å². The first-order chi connectivity index (χ1) is 4.66. The molecule has 10 heavy (non-hydrogen) atoms. The zero-order chi connectivity index (χ0) is 7.98. The largest absolute Gasteiger partial charge is 0.393 e. The maximum absolute atomic E-state index is 8.94. The van der Waals surface area contributed by atoms with E-state index in [1.165, 1.54) is 0 Å². The van der Waals surface area contributed by atoms with Gasteiger partial charge in [0.2, 0.25) is 0 Å². The Hall–Kier alpha value is -0.0800. The number of aliphatic hydroxyl groups excluding tert-OH is 1. The van der Waals surface area contributed by atoms with Crippen molar-refractivity contribution in [2.45, 2.75) is 45.8 Å². The van der Waals surface area contributed by atoms with Crippen LogP contribution >= 0.6 is 0 Å². The van der Waals surface area contributed by atoms with E-state index in [0.29, 0.717) is 0 Å². The molecule has 0 saturated carbocycles. The van der Waals surface area contributed by atoms with Gasteiger partial charge in [0.15, 0.2) is 0 Å². The molecule has 0 bridgehead atoms. The molecule has 1 N–H and O–H groups in total. The molecule has 2 atom stereocenters. The molecule has 0 heterocycles. The molecular weight excluding hydrogens is 128 g/mol. The van der Waals surface area contributed by atoms with Crippen LogP contribution in [-0.4, -0.2) is 23.9 Å². The van der Waals surface area contributed by atoms with Crippen molar-refractivity contribution < 1.29 is 9.84 Å². The summed E-state index contributed by atoms with van der Waals surface area (Å²) in [6, 6.07) is 0. The van der Waals surface area contributed by atoms with Gasteiger partial charge in [-0.25, -0.2) is 0 Å². The average molecular weight is 146 g/mol. The molecule has 0 fully saturated rings. The smallest absolute Gasteiger partial charge is 0.0571 e. The van der Waals surface area contributed by atoms with Gasteiger partial charge >= 0.3 is 0 Å². The van der Waals surface area contributed by atoms with Gasteiger partial charge in [-0.15, -0.1) is 0 Å². The molecule has 0 aromatic rings. The summed E-state index contributed by atoms with van der Waals surface area (Å²) in [6.07, 6.45) is 1.73. The van der Waals surface area contributed by atoms with E-state index < -0.39 is 0 Å². The van der Waals surface area contributed by atoms with Crippen molar-refractivity contribution in [3.8, 4) is 0 Å². The zero-order valence-electron chi connectivity index (χ0n) is 7.13. The Morgan fingerprint density at radius 1 is 1.40 bits per heavy atom. The van der Waals surface area contributed by atoms with E-state index in [1.807, 2.05) is 6.92 Å². The normalized spacial score (nSPS) is 16.8. The van der Waals surface area contributed by atoms with Gasteiger partial charge in [-0.05, 0) is 26.7 Å². The predicted octanol–water partition coefficient (Wildman–Crippen LogP) is 1.57. The minimum absolute atomic E-state index is 0.194. The Morgan fingerprint density at radius 2 is 2.00 bits per heavy atom. The second-order valence-electron chi connectivity index (χ2n) is 2.77. The Bertz CT molecular complexity index is 71.7. The lowest BCUT2D eigenvalue weighted by Crippen LogP contribution is -2.15. The fourth-order valence-corrected chi connectivity index (χ4v) is 0.867. The molecule has 0 radical (unpaired) electrons. The van der Waals surface area contributed by atoms with Crippen molar-refractivity contribution in [1.82, 2.24) is 0 Å². The summed E-state index contributed by atoms with van der Waals surface area (Å²) in [5.74, 6) is 0. The molecule has 0 rings (SSSR count).